The Balaban J connectivity index is 0.000000278. The van der Waals surface area contributed by atoms with E-state index in [-0.39, 0.29) is 59.5 Å². The molecule has 0 radical (unpaired) electrons. The molecule has 0 spiro atoms. The van der Waals surface area contributed by atoms with E-state index in [2.05, 4.69) is 81.1 Å². The molecular formula is C56H77N3O8. The lowest BCUT2D eigenvalue weighted by atomic mass is 9.87. The third kappa shape index (κ3) is 13.7. The molecule has 364 valence electrons. The standard InChI is InChI=1S/C35H48N2O4.C21H29NO4/c1-23(2)29(22-33(39)41-7)34(40)36-20-8-9-31(36)32(38)21-25-11-13-26(14-12-25)30-19-10-24(3)37(30)28-17-15-27(16-18-28)35(4,5)6;1-14(2)17(13-20(24)26-4)21(25)22-11-5-6-18(22)19(23)12-16-9-7-15(3)8-10-16/h11-18,23-24,29-31H,8-10,19-22H2,1-7H3;7-10,14,17-18H,5-6,11-13H2,1-4H3/t24-,29+,30+,31+;17-,18-/m10/s1. The molecule has 0 N–H and O–H groups in total. The van der Waals surface area contributed by atoms with Crippen molar-refractivity contribution in [2.75, 3.05) is 32.2 Å². The van der Waals surface area contributed by atoms with Crippen LogP contribution in [0.2, 0.25) is 0 Å². The second-order valence-corrected chi connectivity index (χ2v) is 20.8. The molecule has 0 aliphatic carbocycles. The Labute approximate surface area is 400 Å². The minimum absolute atomic E-state index is 0.00931. The number of carbonyl (C=O) groups is 6. The van der Waals surface area contributed by atoms with Crippen molar-refractivity contribution in [1.29, 1.82) is 0 Å². The summed E-state index contributed by atoms with van der Waals surface area (Å²) in [5.74, 6) is -1.79. The number of nitrogens with zero attached hydrogens (tertiary/aromatic N) is 3. The molecule has 6 rings (SSSR count). The van der Waals surface area contributed by atoms with E-state index >= 15 is 0 Å². The van der Waals surface area contributed by atoms with Crippen molar-refractivity contribution in [1.82, 2.24) is 9.80 Å². The van der Waals surface area contributed by atoms with Gasteiger partial charge in [0.1, 0.15) is 0 Å². The highest BCUT2D eigenvalue weighted by Crippen LogP contribution is 2.41. The second-order valence-electron chi connectivity index (χ2n) is 20.8. The van der Waals surface area contributed by atoms with Gasteiger partial charge in [-0.1, -0.05) is 115 Å². The van der Waals surface area contributed by atoms with Gasteiger partial charge in [0, 0.05) is 37.7 Å². The molecule has 2 amide bonds. The number of esters is 2. The van der Waals surface area contributed by atoms with E-state index in [4.69, 9.17) is 9.47 Å². The van der Waals surface area contributed by atoms with Gasteiger partial charge in [0.2, 0.25) is 11.8 Å². The van der Waals surface area contributed by atoms with Crippen molar-refractivity contribution in [2.45, 2.75) is 156 Å². The number of benzene rings is 3. The first-order valence-corrected chi connectivity index (χ1v) is 24.6. The molecule has 0 unspecified atom stereocenters. The SMILES string of the molecule is COC(=O)C[C@H](C(=O)N1CCC[C@H]1C(=O)Cc1ccc(C)cc1)C(C)C.COC(=O)C[C@H](C(=O)N1CCC[C@H]1C(=O)Cc1ccc([C@@H]2CC[C@@H](C)N2c2ccc(C(C)(C)C)cc2)cc1)C(C)C. The zero-order valence-electron chi connectivity index (χ0n) is 42.1. The van der Waals surface area contributed by atoms with Gasteiger partial charge in [-0.15, -0.1) is 0 Å². The van der Waals surface area contributed by atoms with Gasteiger partial charge in [0.25, 0.3) is 0 Å². The molecule has 3 heterocycles. The van der Waals surface area contributed by atoms with Gasteiger partial charge in [-0.05, 0) is 104 Å². The lowest BCUT2D eigenvalue weighted by Gasteiger charge is -2.32. The highest BCUT2D eigenvalue weighted by molar-refractivity contribution is 5.93. The normalized spacial score (nSPS) is 20.3. The first kappa shape index (κ1) is 52.6. The van der Waals surface area contributed by atoms with Gasteiger partial charge >= 0.3 is 11.9 Å². The van der Waals surface area contributed by atoms with Gasteiger partial charge in [0.05, 0.1) is 57.0 Å². The van der Waals surface area contributed by atoms with Crippen LogP contribution in [0.3, 0.4) is 0 Å². The van der Waals surface area contributed by atoms with Crippen molar-refractivity contribution in [3.63, 3.8) is 0 Å². The van der Waals surface area contributed by atoms with E-state index in [1.165, 1.54) is 31.0 Å². The third-order valence-corrected chi connectivity index (χ3v) is 14.2. The first-order chi connectivity index (χ1) is 31.7. The molecule has 0 aromatic heterocycles. The van der Waals surface area contributed by atoms with Crippen LogP contribution >= 0.6 is 0 Å². The van der Waals surface area contributed by atoms with Crippen LogP contribution in [0, 0.1) is 30.6 Å². The van der Waals surface area contributed by atoms with Gasteiger partial charge in [-0.25, -0.2) is 0 Å². The number of carbonyl (C=O) groups excluding carboxylic acids is 6. The number of ketones is 2. The Morgan fingerprint density at radius 3 is 1.45 bits per heavy atom. The lowest BCUT2D eigenvalue weighted by molar-refractivity contribution is -0.149. The largest absolute Gasteiger partial charge is 0.469 e. The van der Waals surface area contributed by atoms with Crippen LogP contribution in [-0.4, -0.2) is 90.6 Å². The van der Waals surface area contributed by atoms with Crippen LogP contribution in [-0.2, 0) is 56.5 Å². The zero-order chi connectivity index (χ0) is 49.2. The number of Topliss-reactive ketones (excluding diaryl/α,β-unsaturated/α-hetero) is 2. The van der Waals surface area contributed by atoms with Gasteiger partial charge in [0.15, 0.2) is 11.6 Å². The van der Waals surface area contributed by atoms with Gasteiger partial charge < -0.3 is 24.2 Å². The predicted octanol–water partition coefficient (Wildman–Crippen LogP) is 9.58. The van der Waals surface area contributed by atoms with Crippen molar-refractivity contribution >= 4 is 41.0 Å². The lowest BCUT2D eigenvalue weighted by Crippen LogP contribution is -2.45. The number of aryl methyl sites for hydroxylation is 1. The molecule has 11 nitrogen and oxygen atoms in total. The first-order valence-electron chi connectivity index (χ1n) is 24.6. The average molecular weight is 920 g/mol. The third-order valence-electron chi connectivity index (χ3n) is 14.2. The summed E-state index contributed by atoms with van der Waals surface area (Å²) in [6.45, 7) is 19.9. The fourth-order valence-electron chi connectivity index (χ4n) is 9.98. The molecule has 67 heavy (non-hydrogen) atoms. The summed E-state index contributed by atoms with van der Waals surface area (Å²) < 4.78 is 9.55. The molecule has 11 heteroatoms. The number of amides is 2. The number of methoxy groups -OCH3 is 2. The molecule has 0 saturated carbocycles. The van der Waals surface area contributed by atoms with Crippen LogP contribution in [0.15, 0.2) is 72.8 Å². The summed E-state index contributed by atoms with van der Waals surface area (Å²) in [5, 5.41) is 0. The van der Waals surface area contributed by atoms with E-state index in [9.17, 15) is 28.8 Å². The Morgan fingerprint density at radius 2 is 1.04 bits per heavy atom. The maximum Gasteiger partial charge on any atom is 0.306 e. The van der Waals surface area contributed by atoms with E-state index in [1.807, 2.05) is 58.9 Å². The van der Waals surface area contributed by atoms with Crippen LogP contribution in [0.4, 0.5) is 5.69 Å². The smallest absolute Gasteiger partial charge is 0.306 e. The summed E-state index contributed by atoms with van der Waals surface area (Å²) in [6, 6.07) is 25.4. The van der Waals surface area contributed by atoms with E-state index in [0.717, 1.165) is 42.4 Å². The van der Waals surface area contributed by atoms with E-state index in [0.29, 0.717) is 50.9 Å². The fourth-order valence-corrected chi connectivity index (χ4v) is 9.98. The number of hydrogen-bond donors (Lipinski definition) is 0. The van der Waals surface area contributed by atoms with Crippen molar-refractivity contribution in [2.24, 2.45) is 23.7 Å². The fraction of sp³-hybridized carbons (Fsp3) is 0.571. The Morgan fingerprint density at radius 1 is 0.612 bits per heavy atom. The van der Waals surface area contributed by atoms with Crippen molar-refractivity contribution in [3.8, 4) is 0 Å². The van der Waals surface area contributed by atoms with E-state index < -0.39 is 29.8 Å². The summed E-state index contributed by atoms with van der Waals surface area (Å²) in [5.41, 5.74) is 7.08. The van der Waals surface area contributed by atoms with E-state index in [1.54, 1.807) is 9.80 Å². The van der Waals surface area contributed by atoms with Crippen molar-refractivity contribution < 1.29 is 38.2 Å². The van der Waals surface area contributed by atoms with Gasteiger partial charge in [-0.2, -0.15) is 0 Å². The molecule has 6 atom stereocenters. The molecule has 3 fully saturated rings. The molecule has 0 bridgehead atoms. The maximum atomic E-state index is 13.4. The summed E-state index contributed by atoms with van der Waals surface area (Å²) in [7, 11) is 2.67. The molecule has 3 aromatic rings. The Kier molecular flexibility index (Phi) is 18.6. The number of anilines is 1. The Bertz CT molecular complexity index is 2160. The van der Waals surface area contributed by atoms with Crippen LogP contribution in [0.1, 0.15) is 141 Å². The molecule has 3 aliphatic heterocycles. The molecule has 3 aliphatic rings. The van der Waals surface area contributed by atoms with Gasteiger partial charge in [-0.3, -0.25) is 28.8 Å². The van der Waals surface area contributed by atoms with Crippen LogP contribution < -0.4 is 4.90 Å². The quantitative estimate of drug-likeness (QED) is 0.129. The topological polar surface area (TPSA) is 131 Å². The highest BCUT2D eigenvalue weighted by atomic mass is 16.5. The van der Waals surface area contributed by atoms with Crippen molar-refractivity contribution in [3.05, 3.63) is 101 Å². The maximum absolute atomic E-state index is 13.4. The molecule has 3 saturated heterocycles. The zero-order valence-corrected chi connectivity index (χ0v) is 42.1. The molecule has 3 aromatic carbocycles. The number of ether oxygens (including phenoxy) is 2. The minimum atomic E-state index is -0.475. The predicted molar refractivity (Wildman–Crippen MR) is 263 cm³/mol. The number of rotatable bonds is 16. The highest BCUT2D eigenvalue weighted by Gasteiger charge is 2.40. The monoisotopic (exact) mass is 920 g/mol. The second kappa shape index (κ2) is 23.6. The summed E-state index contributed by atoms with van der Waals surface area (Å²) in [6.07, 6.45) is 5.97. The van der Waals surface area contributed by atoms with Crippen LogP contribution in [0.25, 0.3) is 0 Å². The van der Waals surface area contributed by atoms with Crippen LogP contribution in [0.5, 0.6) is 0 Å². The molecular weight excluding hydrogens is 843 g/mol. The summed E-state index contributed by atoms with van der Waals surface area (Å²) in [4.78, 5) is 82.2. The Hall–Kier alpha value is -5.32. The number of hydrogen-bond acceptors (Lipinski definition) is 9. The minimum Gasteiger partial charge on any atom is -0.469 e. The summed E-state index contributed by atoms with van der Waals surface area (Å²) >= 11 is 0. The number of likely N-dealkylation sites (tertiary alicyclic amines) is 2. The average Bonchev–Trinajstić information content (AvgIpc) is 4.08.